The zero-order chi connectivity index (χ0) is 10.9. The molecule has 0 saturated carbocycles. The first kappa shape index (κ1) is 11.6. The van der Waals surface area contributed by atoms with Crippen molar-refractivity contribution in [1.82, 2.24) is 0 Å². The Kier molecular flexibility index (Phi) is 3.26. The Morgan fingerprint density at radius 1 is 1.36 bits per heavy atom. The highest BCUT2D eigenvalue weighted by atomic mass is 79.9. The number of alkyl halides is 2. The van der Waals surface area contributed by atoms with Crippen molar-refractivity contribution in [1.29, 1.82) is 0 Å². The van der Waals surface area contributed by atoms with Crippen molar-refractivity contribution in [3.8, 4) is 0 Å². The molecule has 0 atom stereocenters. The molecule has 0 N–H and O–H groups in total. The summed E-state index contributed by atoms with van der Waals surface area (Å²) >= 11 is 3.12. The van der Waals surface area contributed by atoms with Crippen LogP contribution in [0.4, 0.5) is 8.78 Å². The van der Waals surface area contributed by atoms with E-state index in [1.807, 2.05) is 0 Å². The second-order valence-electron chi connectivity index (χ2n) is 2.72. The number of hydrogen-bond acceptors (Lipinski definition) is 2. The molecule has 0 heterocycles. The fourth-order valence-electron chi connectivity index (χ4n) is 1.03. The van der Waals surface area contributed by atoms with Gasteiger partial charge < -0.3 is 0 Å². The van der Waals surface area contributed by atoms with E-state index in [9.17, 15) is 17.2 Å². The van der Waals surface area contributed by atoms with Crippen LogP contribution in [0.2, 0.25) is 0 Å². The summed E-state index contributed by atoms with van der Waals surface area (Å²) in [5, 5.41) is 0. The molecule has 0 bridgehead atoms. The van der Waals surface area contributed by atoms with E-state index in [1.165, 1.54) is 25.1 Å². The lowest BCUT2D eigenvalue weighted by Crippen LogP contribution is -2.12. The molecule has 2 nitrogen and oxygen atoms in total. The molecule has 0 fully saturated rings. The van der Waals surface area contributed by atoms with Crippen molar-refractivity contribution < 1.29 is 17.2 Å². The third-order valence-electron chi connectivity index (χ3n) is 1.68. The van der Waals surface area contributed by atoms with Crippen LogP contribution in [0.3, 0.4) is 0 Å². The van der Waals surface area contributed by atoms with Gasteiger partial charge in [-0.15, -0.1) is 0 Å². The lowest BCUT2D eigenvalue weighted by molar-refractivity contribution is 0.234. The minimum absolute atomic E-state index is 0.305. The predicted octanol–water partition coefficient (Wildman–Crippen LogP) is 2.75. The Morgan fingerprint density at radius 2 is 1.93 bits per heavy atom. The van der Waals surface area contributed by atoms with E-state index in [0.29, 0.717) is 10.0 Å². The highest BCUT2D eigenvalue weighted by molar-refractivity contribution is 9.10. The predicted molar refractivity (Wildman–Crippen MR) is 52.1 cm³/mol. The van der Waals surface area contributed by atoms with Crippen molar-refractivity contribution in [3.05, 3.63) is 28.2 Å². The second kappa shape index (κ2) is 3.94. The largest absolute Gasteiger partial charge is 0.341 e. The molecule has 6 heteroatoms. The maximum atomic E-state index is 12.2. The molecule has 0 unspecified atom stereocenters. The monoisotopic (exact) mass is 284 g/mol. The van der Waals surface area contributed by atoms with Gasteiger partial charge in [-0.05, 0) is 30.7 Å². The number of halogens is 3. The highest BCUT2D eigenvalue weighted by Gasteiger charge is 2.27. The van der Waals surface area contributed by atoms with Crippen LogP contribution in [0, 0.1) is 6.92 Å². The summed E-state index contributed by atoms with van der Waals surface area (Å²) in [5.41, 5.74) is 0.305. The lowest BCUT2D eigenvalue weighted by Gasteiger charge is -2.06. The number of sulfone groups is 1. The fraction of sp³-hybridized carbons (Fsp3) is 0.250. The maximum absolute atomic E-state index is 12.2. The molecule has 0 amide bonds. The average Bonchev–Trinajstić information content (AvgIpc) is 2.02. The summed E-state index contributed by atoms with van der Waals surface area (Å²) < 4.78 is 47.2. The topological polar surface area (TPSA) is 34.1 Å². The number of hydrogen-bond donors (Lipinski definition) is 0. The summed E-state index contributed by atoms with van der Waals surface area (Å²) in [6.07, 6.45) is 0. The standard InChI is InChI=1S/C8H7BrF2O2S/c1-5-4-6(9)2-3-7(5)14(12,13)8(10)11/h2-4,8H,1H3. The molecule has 0 aromatic heterocycles. The van der Waals surface area contributed by atoms with Crippen LogP contribution < -0.4 is 0 Å². The second-order valence-corrected chi connectivity index (χ2v) is 5.52. The molecule has 0 spiro atoms. The van der Waals surface area contributed by atoms with Gasteiger partial charge in [0.25, 0.3) is 0 Å². The van der Waals surface area contributed by atoms with Crippen LogP contribution in [0.25, 0.3) is 0 Å². The van der Waals surface area contributed by atoms with E-state index >= 15 is 0 Å². The van der Waals surface area contributed by atoms with E-state index in [2.05, 4.69) is 15.9 Å². The van der Waals surface area contributed by atoms with Crippen LogP contribution in [-0.4, -0.2) is 14.2 Å². The van der Waals surface area contributed by atoms with Crippen LogP contribution in [0.5, 0.6) is 0 Å². The SMILES string of the molecule is Cc1cc(Br)ccc1S(=O)(=O)C(F)F. The van der Waals surface area contributed by atoms with Crippen LogP contribution in [-0.2, 0) is 9.84 Å². The van der Waals surface area contributed by atoms with Crippen molar-refractivity contribution in [2.45, 2.75) is 17.6 Å². The van der Waals surface area contributed by atoms with E-state index in [4.69, 9.17) is 0 Å². The minimum atomic E-state index is -4.48. The first-order valence-electron chi connectivity index (χ1n) is 3.64. The van der Waals surface area contributed by atoms with Gasteiger partial charge in [-0.25, -0.2) is 8.42 Å². The van der Waals surface area contributed by atoms with Gasteiger partial charge in [0.1, 0.15) is 0 Å². The van der Waals surface area contributed by atoms with E-state index < -0.39 is 15.6 Å². The molecule has 0 aliphatic rings. The molecule has 0 aliphatic carbocycles. The lowest BCUT2D eigenvalue weighted by atomic mass is 10.2. The van der Waals surface area contributed by atoms with Crippen molar-refractivity contribution in [2.75, 3.05) is 0 Å². The van der Waals surface area contributed by atoms with Crippen LogP contribution >= 0.6 is 15.9 Å². The Morgan fingerprint density at radius 3 is 2.36 bits per heavy atom. The van der Waals surface area contributed by atoms with Gasteiger partial charge in [0, 0.05) is 4.47 Å². The average molecular weight is 285 g/mol. The normalized spacial score (nSPS) is 12.1. The molecule has 14 heavy (non-hydrogen) atoms. The van der Waals surface area contributed by atoms with E-state index in [1.54, 1.807) is 0 Å². The van der Waals surface area contributed by atoms with Gasteiger partial charge in [0.05, 0.1) is 4.90 Å². The zero-order valence-electron chi connectivity index (χ0n) is 7.17. The molecule has 0 radical (unpaired) electrons. The Labute approximate surface area is 89.0 Å². The van der Waals surface area contributed by atoms with Crippen molar-refractivity contribution >= 4 is 25.8 Å². The maximum Gasteiger partial charge on any atom is 0.341 e. The Balaban J connectivity index is 3.35. The molecule has 1 aromatic carbocycles. The van der Waals surface area contributed by atoms with Gasteiger partial charge in [-0.2, -0.15) is 8.78 Å². The molecule has 0 aliphatic heterocycles. The minimum Gasteiger partial charge on any atom is -0.218 e. The van der Waals surface area contributed by atoms with Gasteiger partial charge in [-0.1, -0.05) is 15.9 Å². The Bertz CT molecular complexity index is 443. The fourth-order valence-corrected chi connectivity index (χ4v) is 2.46. The summed E-state index contributed by atoms with van der Waals surface area (Å²) in [7, 11) is -4.48. The van der Waals surface area contributed by atoms with Crippen molar-refractivity contribution in [2.24, 2.45) is 0 Å². The molecule has 0 saturated heterocycles. The van der Waals surface area contributed by atoms with E-state index in [-0.39, 0.29) is 4.90 Å². The quantitative estimate of drug-likeness (QED) is 0.837. The number of benzene rings is 1. The third-order valence-corrected chi connectivity index (χ3v) is 3.71. The molecule has 1 rings (SSSR count). The Hall–Kier alpha value is -0.490. The first-order valence-corrected chi connectivity index (χ1v) is 5.98. The molecular formula is C8H7BrF2O2S. The number of aryl methyl sites for hydroxylation is 1. The highest BCUT2D eigenvalue weighted by Crippen LogP contribution is 2.24. The van der Waals surface area contributed by atoms with Crippen LogP contribution in [0.15, 0.2) is 27.6 Å². The van der Waals surface area contributed by atoms with Crippen LogP contribution in [0.1, 0.15) is 5.56 Å². The first-order chi connectivity index (χ1) is 6.35. The summed E-state index contributed by atoms with van der Waals surface area (Å²) in [4.78, 5) is -0.323. The van der Waals surface area contributed by atoms with Crippen molar-refractivity contribution in [3.63, 3.8) is 0 Å². The summed E-state index contributed by atoms with van der Waals surface area (Å²) in [6.45, 7) is 1.47. The van der Waals surface area contributed by atoms with Gasteiger partial charge >= 0.3 is 5.76 Å². The van der Waals surface area contributed by atoms with E-state index in [0.717, 1.165) is 0 Å². The van der Waals surface area contributed by atoms with Gasteiger partial charge in [-0.3, -0.25) is 0 Å². The number of rotatable bonds is 2. The third kappa shape index (κ3) is 2.12. The molecule has 1 aromatic rings. The van der Waals surface area contributed by atoms with Gasteiger partial charge in [0.15, 0.2) is 0 Å². The smallest absolute Gasteiger partial charge is 0.218 e. The zero-order valence-corrected chi connectivity index (χ0v) is 9.57. The van der Waals surface area contributed by atoms with Gasteiger partial charge in [0.2, 0.25) is 9.84 Å². The summed E-state index contributed by atoms with van der Waals surface area (Å²) in [6, 6.07) is 4.07. The molecule has 78 valence electrons. The molecular weight excluding hydrogens is 278 g/mol. The summed E-state index contributed by atoms with van der Waals surface area (Å²) in [5.74, 6) is -3.37.